The Labute approximate surface area is 103 Å². The van der Waals surface area contributed by atoms with E-state index >= 15 is 0 Å². The molecule has 1 aromatic heterocycles. The second-order valence-electron chi connectivity index (χ2n) is 4.50. The smallest absolute Gasteiger partial charge is 0.226 e. The van der Waals surface area contributed by atoms with Crippen molar-refractivity contribution in [1.29, 1.82) is 0 Å². The molecule has 0 aromatic carbocycles. The van der Waals surface area contributed by atoms with Crippen LogP contribution in [0.2, 0.25) is 0 Å². The molecule has 2 rings (SSSR count). The average molecular weight is 230 g/mol. The molecule has 0 atom stereocenters. The standard InChI is InChI=1S/C13H18N4/c1-4-12-5-6-14-13(15-12)17-9-7-16(8-10-17)11(2)3/h1,5-6,11H,7-10H2,2-3H3. The van der Waals surface area contributed by atoms with Gasteiger partial charge < -0.3 is 4.90 Å². The van der Waals surface area contributed by atoms with Crippen molar-refractivity contribution in [3.63, 3.8) is 0 Å². The quantitative estimate of drug-likeness (QED) is 0.709. The molecule has 0 radical (unpaired) electrons. The highest BCUT2D eigenvalue weighted by Crippen LogP contribution is 2.12. The van der Waals surface area contributed by atoms with E-state index in [0.29, 0.717) is 11.7 Å². The monoisotopic (exact) mass is 230 g/mol. The summed E-state index contributed by atoms with van der Waals surface area (Å²) in [6, 6.07) is 2.36. The maximum Gasteiger partial charge on any atom is 0.226 e. The lowest BCUT2D eigenvalue weighted by Gasteiger charge is -2.36. The third-order valence-corrected chi connectivity index (χ3v) is 3.12. The second kappa shape index (κ2) is 5.15. The van der Waals surface area contributed by atoms with Gasteiger partial charge in [-0.15, -0.1) is 6.42 Å². The number of hydrogen-bond acceptors (Lipinski definition) is 4. The molecule has 1 aromatic rings. The summed E-state index contributed by atoms with van der Waals surface area (Å²) in [6.45, 7) is 8.50. The van der Waals surface area contributed by atoms with Gasteiger partial charge >= 0.3 is 0 Å². The molecule has 0 saturated carbocycles. The summed E-state index contributed by atoms with van der Waals surface area (Å²) < 4.78 is 0. The molecular weight excluding hydrogens is 212 g/mol. The van der Waals surface area contributed by atoms with E-state index in [0.717, 1.165) is 32.1 Å². The largest absolute Gasteiger partial charge is 0.338 e. The van der Waals surface area contributed by atoms with Crippen LogP contribution in [0.5, 0.6) is 0 Å². The molecule has 0 aliphatic carbocycles. The second-order valence-corrected chi connectivity index (χ2v) is 4.50. The first-order chi connectivity index (χ1) is 8.20. The molecule has 0 N–H and O–H groups in total. The van der Waals surface area contributed by atoms with Crippen LogP contribution in [0.1, 0.15) is 19.5 Å². The van der Waals surface area contributed by atoms with Crippen molar-refractivity contribution in [2.45, 2.75) is 19.9 Å². The Morgan fingerprint density at radius 1 is 1.29 bits per heavy atom. The van der Waals surface area contributed by atoms with Gasteiger partial charge in [0.15, 0.2) is 0 Å². The van der Waals surface area contributed by atoms with Crippen molar-refractivity contribution in [2.75, 3.05) is 31.1 Å². The predicted octanol–water partition coefficient (Wildman–Crippen LogP) is 0.988. The number of piperazine rings is 1. The van der Waals surface area contributed by atoms with Crippen LogP contribution in [0.15, 0.2) is 12.3 Å². The first-order valence-electron chi connectivity index (χ1n) is 5.99. The van der Waals surface area contributed by atoms with E-state index in [9.17, 15) is 0 Å². The van der Waals surface area contributed by atoms with E-state index in [1.165, 1.54) is 0 Å². The molecule has 0 amide bonds. The van der Waals surface area contributed by atoms with Crippen LogP contribution >= 0.6 is 0 Å². The lowest BCUT2D eigenvalue weighted by molar-refractivity contribution is 0.208. The zero-order valence-electron chi connectivity index (χ0n) is 10.4. The van der Waals surface area contributed by atoms with E-state index in [1.54, 1.807) is 12.3 Å². The minimum absolute atomic E-state index is 0.607. The third kappa shape index (κ3) is 2.75. The van der Waals surface area contributed by atoms with Crippen LogP contribution in [0.25, 0.3) is 0 Å². The fourth-order valence-corrected chi connectivity index (χ4v) is 2.02. The summed E-state index contributed by atoms with van der Waals surface area (Å²) in [5, 5.41) is 0. The number of anilines is 1. The fraction of sp³-hybridized carbons (Fsp3) is 0.538. The number of hydrogen-bond donors (Lipinski definition) is 0. The van der Waals surface area contributed by atoms with Gasteiger partial charge in [-0.1, -0.05) is 5.92 Å². The molecule has 1 aliphatic heterocycles. The van der Waals surface area contributed by atoms with Crippen molar-refractivity contribution >= 4 is 5.95 Å². The molecule has 1 fully saturated rings. The van der Waals surface area contributed by atoms with Gasteiger partial charge in [0.1, 0.15) is 5.69 Å². The Morgan fingerprint density at radius 3 is 2.59 bits per heavy atom. The van der Waals surface area contributed by atoms with E-state index in [2.05, 4.69) is 39.5 Å². The Kier molecular flexibility index (Phi) is 3.60. The summed E-state index contributed by atoms with van der Waals surface area (Å²) in [7, 11) is 0. The SMILES string of the molecule is C#Cc1ccnc(N2CCN(C(C)C)CC2)n1. The minimum Gasteiger partial charge on any atom is -0.338 e. The molecule has 4 nitrogen and oxygen atoms in total. The van der Waals surface area contributed by atoms with Gasteiger partial charge in [0, 0.05) is 38.4 Å². The van der Waals surface area contributed by atoms with Crippen molar-refractivity contribution < 1.29 is 0 Å². The Balaban J connectivity index is 2.03. The minimum atomic E-state index is 0.607. The van der Waals surface area contributed by atoms with Crippen molar-refractivity contribution in [3.05, 3.63) is 18.0 Å². The van der Waals surface area contributed by atoms with E-state index < -0.39 is 0 Å². The van der Waals surface area contributed by atoms with Gasteiger partial charge in [-0.2, -0.15) is 0 Å². The first kappa shape index (κ1) is 11.9. The predicted molar refractivity (Wildman–Crippen MR) is 68.9 cm³/mol. The summed E-state index contributed by atoms with van der Waals surface area (Å²) in [5.41, 5.74) is 0.654. The lowest BCUT2D eigenvalue weighted by Crippen LogP contribution is -2.49. The highest BCUT2D eigenvalue weighted by molar-refractivity contribution is 5.35. The van der Waals surface area contributed by atoms with Gasteiger partial charge in [-0.3, -0.25) is 4.90 Å². The Bertz CT molecular complexity index is 414. The number of nitrogens with zero attached hydrogens (tertiary/aromatic N) is 4. The van der Waals surface area contributed by atoms with Crippen molar-refractivity contribution in [3.8, 4) is 12.3 Å². The Morgan fingerprint density at radius 2 is 2.00 bits per heavy atom. The van der Waals surface area contributed by atoms with Gasteiger partial charge in [0.25, 0.3) is 0 Å². The lowest BCUT2D eigenvalue weighted by atomic mass is 10.2. The summed E-state index contributed by atoms with van der Waals surface area (Å²) in [4.78, 5) is 13.3. The summed E-state index contributed by atoms with van der Waals surface area (Å²) in [6.07, 6.45) is 7.07. The molecule has 1 saturated heterocycles. The van der Waals surface area contributed by atoms with Crippen LogP contribution in [0, 0.1) is 12.3 Å². The van der Waals surface area contributed by atoms with Gasteiger partial charge in [-0.25, -0.2) is 9.97 Å². The van der Waals surface area contributed by atoms with Crippen molar-refractivity contribution in [2.24, 2.45) is 0 Å². The molecule has 2 heterocycles. The molecule has 0 spiro atoms. The van der Waals surface area contributed by atoms with Crippen LogP contribution in [0.3, 0.4) is 0 Å². The number of aromatic nitrogens is 2. The molecule has 1 aliphatic rings. The van der Waals surface area contributed by atoms with Gasteiger partial charge in [-0.05, 0) is 19.9 Å². The fourth-order valence-electron chi connectivity index (χ4n) is 2.02. The summed E-state index contributed by atoms with van der Waals surface area (Å²) in [5.74, 6) is 3.30. The van der Waals surface area contributed by atoms with Crippen LogP contribution in [0.4, 0.5) is 5.95 Å². The normalized spacial score (nSPS) is 17.2. The molecular formula is C13H18N4. The van der Waals surface area contributed by atoms with E-state index in [-0.39, 0.29) is 0 Å². The highest BCUT2D eigenvalue weighted by atomic mass is 15.3. The van der Waals surface area contributed by atoms with Crippen LogP contribution < -0.4 is 4.90 Å². The van der Waals surface area contributed by atoms with E-state index in [1.807, 2.05) is 0 Å². The first-order valence-corrected chi connectivity index (χ1v) is 5.99. The Hall–Kier alpha value is -1.60. The zero-order valence-corrected chi connectivity index (χ0v) is 10.4. The molecule has 0 bridgehead atoms. The number of rotatable bonds is 2. The molecule has 17 heavy (non-hydrogen) atoms. The van der Waals surface area contributed by atoms with Crippen LogP contribution in [-0.4, -0.2) is 47.1 Å². The maximum absolute atomic E-state index is 5.34. The molecule has 90 valence electrons. The number of terminal acetylenes is 1. The average Bonchev–Trinajstić information content (AvgIpc) is 2.39. The van der Waals surface area contributed by atoms with Crippen molar-refractivity contribution in [1.82, 2.24) is 14.9 Å². The third-order valence-electron chi connectivity index (χ3n) is 3.12. The molecule has 0 unspecified atom stereocenters. The zero-order chi connectivity index (χ0) is 12.3. The van der Waals surface area contributed by atoms with Crippen LogP contribution in [-0.2, 0) is 0 Å². The summed E-state index contributed by atoms with van der Waals surface area (Å²) >= 11 is 0. The van der Waals surface area contributed by atoms with E-state index in [4.69, 9.17) is 6.42 Å². The maximum atomic E-state index is 5.34. The highest BCUT2D eigenvalue weighted by Gasteiger charge is 2.20. The van der Waals surface area contributed by atoms with Gasteiger partial charge in [0.2, 0.25) is 5.95 Å². The topological polar surface area (TPSA) is 32.3 Å². The van der Waals surface area contributed by atoms with Gasteiger partial charge in [0.05, 0.1) is 0 Å². The molecule has 4 heteroatoms.